The van der Waals surface area contributed by atoms with Crippen LogP contribution in [-0.4, -0.2) is 147 Å². The second kappa shape index (κ2) is 30.5. The second-order valence-corrected chi connectivity index (χ2v) is 24.3. The van der Waals surface area contributed by atoms with Crippen LogP contribution in [0.5, 0.6) is 5.75 Å². The summed E-state index contributed by atoms with van der Waals surface area (Å²) in [4.78, 5) is 109. The molecule has 23 nitrogen and oxygen atoms in total. The van der Waals surface area contributed by atoms with E-state index in [1.807, 2.05) is 97.0 Å². The number of nitrogens with one attached hydrogen (secondary N) is 5. The molecule has 0 spiro atoms. The Kier molecular flexibility index (Phi) is 23.8. The Morgan fingerprint density at radius 2 is 1.46 bits per heavy atom. The predicted molar refractivity (Wildman–Crippen MR) is 331 cm³/mol. The van der Waals surface area contributed by atoms with Crippen molar-refractivity contribution >= 4 is 64.6 Å². The molecule has 5 unspecified atom stereocenters. The minimum atomic E-state index is -2.01. The predicted octanol–water partition coefficient (Wildman–Crippen LogP) is 5.88. The van der Waals surface area contributed by atoms with Gasteiger partial charge in [-0.05, 0) is 110 Å². The zero-order valence-corrected chi connectivity index (χ0v) is 52.1. The fraction of sp³-hybridized carbons (Fsp3) is 0.455. The molecule has 6 rings (SSSR count). The highest BCUT2D eigenvalue weighted by atomic mass is 16.7. The number of carboxylic acid groups (broad SMARTS) is 2. The van der Waals surface area contributed by atoms with Gasteiger partial charge in [0.2, 0.25) is 35.8 Å². The van der Waals surface area contributed by atoms with Crippen molar-refractivity contribution in [3.8, 4) is 17.6 Å². The third-order valence-electron chi connectivity index (χ3n) is 15.7. The van der Waals surface area contributed by atoms with Gasteiger partial charge < -0.3 is 70.8 Å². The Balaban J connectivity index is 1.09. The minimum Gasteiger partial charge on any atom is -0.479 e. The molecule has 1 saturated heterocycles. The van der Waals surface area contributed by atoms with Gasteiger partial charge in [0, 0.05) is 60.7 Å². The monoisotopic (exact) mass is 1230 g/mol. The van der Waals surface area contributed by atoms with Gasteiger partial charge in [-0.25, -0.2) is 14.4 Å². The third kappa shape index (κ3) is 18.0. The number of carboxylic acids is 2. The molecule has 0 radical (unpaired) electrons. The number of nitrogens with zero attached hydrogens (tertiary/aromatic N) is 2. The average molecular weight is 1230 g/mol. The molecule has 8 atom stereocenters. The number of hydrogen-bond donors (Lipinski definition) is 10. The number of amides is 6. The van der Waals surface area contributed by atoms with Crippen molar-refractivity contribution in [2.75, 3.05) is 36.2 Å². The van der Waals surface area contributed by atoms with Crippen LogP contribution in [0.1, 0.15) is 121 Å². The molecule has 10 N–H and O–H groups in total. The van der Waals surface area contributed by atoms with Gasteiger partial charge in [-0.2, -0.15) is 0 Å². The van der Waals surface area contributed by atoms with E-state index in [1.165, 1.54) is 37.0 Å². The van der Waals surface area contributed by atoms with E-state index in [2.05, 4.69) is 38.4 Å². The highest BCUT2D eigenvalue weighted by molar-refractivity contribution is 5.96. The Hall–Kier alpha value is -8.66. The summed E-state index contributed by atoms with van der Waals surface area (Å²) in [6.45, 7) is 15.7. The molecule has 0 aromatic heterocycles. The van der Waals surface area contributed by atoms with Gasteiger partial charge in [0.25, 0.3) is 0 Å². The number of benzene rings is 4. The lowest BCUT2D eigenvalue weighted by atomic mass is 9.76. The standard InChI is InChI=1S/C66H83N7O16/c1-37(2)48(32-39(4)61(82)83)72(11)60(81)58(65(5,6)7)71-59(80)57(67-10)66(8,9)44-22-18-23-45(34-44)69-64(86)87-36-40-31-38(3)55(88-63-54(79)52(77)53(78)56(89-63)62(84)85)46(33-40)70-50(75)29-30-68-49(74)25-16-17-26-51(76)73-35-43-21-13-12-19-41(43)27-28-42-20-14-15-24-47(42)73/h12-15,18-24,31-34,37,48,52-54,56-58,63,67,77-79H,16-17,25-26,29-30,35-36H2,1-11H3,(H,68,74)(H,69,86)(H,70,75)(H,71,80)(H,82,83)(H,84,85)/b39-32+/t48-,52?,53?,54?,56?,57+,58-,63?/m1/s1. The van der Waals surface area contributed by atoms with Crippen LogP contribution in [0, 0.1) is 30.1 Å². The molecule has 2 aliphatic rings. The number of unbranched alkanes of at least 4 members (excludes halogenated alkanes) is 1. The Morgan fingerprint density at radius 1 is 0.798 bits per heavy atom. The maximum atomic E-state index is 14.3. The van der Waals surface area contributed by atoms with Crippen molar-refractivity contribution < 1.29 is 78.1 Å². The van der Waals surface area contributed by atoms with Gasteiger partial charge in [-0.15, -0.1) is 0 Å². The fourth-order valence-corrected chi connectivity index (χ4v) is 10.6. The highest BCUT2D eigenvalue weighted by Gasteiger charge is 2.49. The van der Waals surface area contributed by atoms with E-state index in [9.17, 15) is 63.9 Å². The molecule has 478 valence electrons. The van der Waals surface area contributed by atoms with Crippen LogP contribution < -0.4 is 36.2 Å². The summed E-state index contributed by atoms with van der Waals surface area (Å²) in [7, 11) is 3.19. The van der Waals surface area contributed by atoms with Gasteiger partial charge in [-0.1, -0.05) is 109 Å². The van der Waals surface area contributed by atoms with Crippen molar-refractivity contribution in [2.24, 2.45) is 11.3 Å². The summed E-state index contributed by atoms with van der Waals surface area (Å²) in [6.07, 6.45) is -8.40. The first-order valence-corrected chi connectivity index (χ1v) is 29.4. The summed E-state index contributed by atoms with van der Waals surface area (Å²) >= 11 is 0. The molecule has 0 bridgehead atoms. The molecule has 2 heterocycles. The number of anilines is 3. The summed E-state index contributed by atoms with van der Waals surface area (Å²) in [6, 6.07) is 22.2. The lowest BCUT2D eigenvalue weighted by molar-refractivity contribution is -0.271. The van der Waals surface area contributed by atoms with Crippen LogP contribution in [0.25, 0.3) is 0 Å². The van der Waals surface area contributed by atoms with Gasteiger partial charge in [0.15, 0.2) is 6.10 Å². The van der Waals surface area contributed by atoms with Crippen LogP contribution in [0.15, 0.2) is 96.6 Å². The largest absolute Gasteiger partial charge is 0.479 e. The summed E-state index contributed by atoms with van der Waals surface area (Å²) in [5, 5.41) is 65.1. The number of fused-ring (bicyclic) bond motifs is 2. The topological polar surface area (TPSA) is 332 Å². The zero-order valence-electron chi connectivity index (χ0n) is 52.1. The average Bonchev–Trinajstić information content (AvgIpc) is 2.01. The number of carbonyl (C=O) groups is 8. The van der Waals surface area contributed by atoms with Crippen molar-refractivity contribution in [2.45, 2.75) is 162 Å². The number of aliphatic carboxylic acids is 2. The molecule has 6 amide bonds. The highest BCUT2D eigenvalue weighted by Crippen LogP contribution is 2.36. The maximum Gasteiger partial charge on any atom is 0.411 e. The Bertz CT molecular complexity index is 3360. The second-order valence-electron chi connectivity index (χ2n) is 24.3. The third-order valence-corrected chi connectivity index (χ3v) is 15.7. The Labute approximate surface area is 518 Å². The minimum absolute atomic E-state index is 0.0579. The van der Waals surface area contributed by atoms with Crippen molar-refractivity contribution in [3.63, 3.8) is 0 Å². The van der Waals surface area contributed by atoms with Gasteiger partial charge >= 0.3 is 18.0 Å². The van der Waals surface area contributed by atoms with Gasteiger partial charge in [0.05, 0.1) is 30.0 Å². The maximum absolute atomic E-state index is 14.3. The van der Waals surface area contributed by atoms with Crippen molar-refractivity contribution in [1.29, 1.82) is 0 Å². The normalized spacial score (nSPS) is 18.4. The molecule has 1 fully saturated rings. The Morgan fingerprint density at radius 3 is 2.12 bits per heavy atom. The van der Waals surface area contributed by atoms with E-state index in [0.29, 0.717) is 41.9 Å². The number of likely N-dealkylation sites (N-methyl/N-ethyl adjacent to an activating group) is 2. The fourth-order valence-electron chi connectivity index (χ4n) is 10.6. The first-order valence-electron chi connectivity index (χ1n) is 29.4. The number of hydrogen-bond acceptors (Lipinski definition) is 15. The number of rotatable bonds is 25. The van der Waals surface area contributed by atoms with E-state index >= 15 is 0 Å². The number of para-hydroxylation sites is 1. The van der Waals surface area contributed by atoms with Crippen LogP contribution in [0.3, 0.4) is 0 Å². The molecule has 0 aliphatic carbocycles. The van der Waals surface area contributed by atoms with Crippen molar-refractivity contribution in [1.82, 2.24) is 20.9 Å². The van der Waals surface area contributed by atoms with Gasteiger partial charge in [-0.3, -0.25) is 29.3 Å². The molecule has 2 aliphatic heterocycles. The smallest absolute Gasteiger partial charge is 0.411 e. The van der Waals surface area contributed by atoms with Crippen LogP contribution in [-0.2, 0) is 61.6 Å². The number of carbonyl (C=O) groups excluding carboxylic acids is 6. The molecule has 4 aromatic carbocycles. The number of aliphatic hydroxyl groups excluding tert-OH is 3. The van der Waals surface area contributed by atoms with Gasteiger partial charge in [0.1, 0.15) is 36.7 Å². The lowest BCUT2D eigenvalue weighted by Crippen LogP contribution is -2.61. The van der Waals surface area contributed by atoms with E-state index in [0.717, 1.165) is 16.7 Å². The van der Waals surface area contributed by atoms with Crippen LogP contribution >= 0.6 is 0 Å². The number of aryl methyl sites for hydroxylation is 1. The summed E-state index contributed by atoms with van der Waals surface area (Å²) < 4.78 is 17.0. The van der Waals surface area contributed by atoms with E-state index in [4.69, 9.17) is 14.2 Å². The molecular weight excluding hydrogens is 1150 g/mol. The molecule has 89 heavy (non-hydrogen) atoms. The molecule has 0 saturated carbocycles. The first-order chi connectivity index (χ1) is 41.9. The zero-order chi connectivity index (χ0) is 65.7. The molecule has 4 aromatic rings. The number of aliphatic hydroxyl groups is 3. The quantitative estimate of drug-likeness (QED) is 0.0210. The van der Waals surface area contributed by atoms with Crippen molar-refractivity contribution in [3.05, 3.63) is 130 Å². The summed E-state index contributed by atoms with van der Waals surface area (Å²) in [5.41, 5.74) is 2.95. The SMILES string of the molecule is CN[C@@H](C(=O)N[C@H](C(=O)N(C)[C@H](/C=C(\C)C(=O)O)C(C)C)C(C)(C)C)C(C)(C)c1cccc(NC(=O)OCc2cc(C)c(OC3OC(C(=O)O)C(O)C(O)C3O)c(NC(=O)CCNC(=O)CCCCC(=O)N3Cc4ccccc4C#Cc4ccccc43)c2)c1. The molecular formula is C66H83N7O16. The summed E-state index contributed by atoms with van der Waals surface area (Å²) in [5.74, 6) is 1.33. The lowest BCUT2D eigenvalue weighted by Gasteiger charge is -2.40. The molecule has 23 heteroatoms. The van der Waals surface area contributed by atoms with Crippen LogP contribution in [0.4, 0.5) is 21.9 Å². The van der Waals surface area contributed by atoms with E-state index in [-0.39, 0.29) is 72.7 Å². The van der Waals surface area contributed by atoms with E-state index in [1.54, 1.807) is 43.3 Å². The number of ether oxygens (including phenoxy) is 3. The first kappa shape index (κ1) is 69.4. The van der Waals surface area contributed by atoms with E-state index < -0.39 is 95.4 Å². The van der Waals surface area contributed by atoms with Crippen LogP contribution in [0.2, 0.25) is 0 Å².